The highest BCUT2D eigenvalue weighted by Crippen LogP contribution is 2.24. The average molecular weight is 230 g/mol. The second-order valence-corrected chi connectivity index (χ2v) is 5.16. The van der Waals surface area contributed by atoms with Crippen molar-refractivity contribution in [1.82, 2.24) is 10.7 Å². The van der Waals surface area contributed by atoms with E-state index in [2.05, 4.69) is 22.7 Å². The Morgan fingerprint density at radius 1 is 1.53 bits per heavy atom. The van der Waals surface area contributed by atoms with Crippen molar-refractivity contribution in [3.8, 4) is 0 Å². The number of aliphatic imine (C=N–C) groups is 1. The van der Waals surface area contributed by atoms with Gasteiger partial charge in [-0.1, -0.05) is 13.3 Å². The number of nitrogens with two attached hydrogens (primary N) is 1. The van der Waals surface area contributed by atoms with Crippen LogP contribution in [0.25, 0.3) is 0 Å². The van der Waals surface area contributed by atoms with Crippen LogP contribution in [-0.2, 0) is 0 Å². The molecule has 0 aliphatic carbocycles. The van der Waals surface area contributed by atoms with Gasteiger partial charge in [-0.15, -0.1) is 0 Å². The number of thioether (sulfide) groups is 1. The molecule has 4 nitrogen and oxygen atoms in total. The summed E-state index contributed by atoms with van der Waals surface area (Å²) in [7, 11) is 0. The van der Waals surface area contributed by atoms with Gasteiger partial charge in [0.25, 0.3) is 0 Å². The molecule has 15 heavy (non-hydrogen) atoms. The minimum atomic E-state index is 0.686. The Balaban J connectivity index is 2.25. The van der Waals surface area contributed by atoms with Crippen molar-refractivity contribution in [2.45, 2.75) is 37.9 Å². The quantitative estimate of drug-likeness (QED) is 0.293. The van der Waals surface area contributed by atoms with Crippen LogP contribution < -0.4 is 16.6 Å². The summed E-state index contributed by atoms with van der Waals surface area (Å²) in [4.78, 5) is 4.45. The van der Waals surface area contributed by atoms with E-state index in [1.807, 2.05) is 11.8 Å². The molecule has 0 radical (unpaired) electrons. The SMILES string of the molecule is CCCNC(=NCC1CCCCS1)NN. The van der Waals surface area contributed by atoms with Crippen molar-refractivity contribution < 1.29 is 0 Å². The molecule has 1 aliphatic rings. The molecule has 0 bridgehead atoms. The van der Waals surface area contributed by atoms with E-state index < -0.39 is 0 Å². The molecule has 1 saturated heterocycles. The van der Waals surface area contributed by atoms with Crippen LogP contribution >= 0.6 is 11.8 Å². The van der Waals surface area contributed by atoms with Crippen molar-refractivity contribution >= 4 is 17.7 Å². The maximum absolute atomic E-state index is 5.38. The van der Waals surface area contributed by atoms with E-state index in [4.69, 9.17) is 5.84 Å². The topological polar surface area (TPSA) is 62.4 Å². The Morgan fingerprint density at radius 2 is 2.40 bits per heavy atom. The molecule has 1 heterocycles. The van der Waals surface area contributed by atoms with E-state index in [1.54, 1.807) is 0 Å². The fourth-order valence-electron chi connectivity index (χ4n) is 1.54. The Bertz CT molecular complexity index is 190. The van der Waals surface area contributed by atoms with Crippen LogP contribution in [0, 0.1) is 0 Å². The van der Waals surface area contributed by atoms with Crippen LogP contribution in [0.15, 0.2) is 4.99 Å². The van der Waals surface area contributed by atoms with Gasteiger partial charge in [-0.2, -0.15) is 11.8 Å². The molecule has 0 aromatic rings. The number of nitrogens with one attached hydrogen (secondary N) is 2. The summed E-state index contributed by atoms with van der Waals surface area (Å²) in [6.07, 6.45) is 5.08. The predicted molar refractivity (Wildman–Crippen MR) is 68.0 cm³/mol. The fourth-order valence-corrected chi connectivity index (χ4v) is 2.76. The predicted octanol–water partition coefficient (Wildman–Crippen LogP) is 1.09. The lowest BCUT2D eigenvalue weighted by molar-refractivity contribution is 0.664. The van der Waals surface area contributed by atoms with Gasteiger partial charge in [0.05, 0.1) is 6.54 Å². The summed E-state index contributed by atoms with van der Waals surface area (Å²) >= 11 is 2.04. The van der Waals surface area contributed by atoms with Crippen LogP contribution in [0.5, 0.6) is 0 Å². The lowest BCUT2D eigenvalue weighted by Crippen LogP contribution is -2.42. The first-order chi connectivity index (χ1) is 7.36. The van der Waals surface area contributed by atoms with Crippen LogP contribution in [-0.4, -0.2) is 30.1 Å². The molecule has 1 aliphatic heterocycles. The number of guanidine groups is 1. The molecular weight excluding hydrogens is 208 g/mol. The maximum atomic E-state index is 5.38. The summed E-state index contributed by atoms with van der Waals surface area (Å²) < 4.78 is 0. The molecule has 4 N–H and O–H groups in total. The molecule has 1 fully saturated rings. The molecule has 0 spiro atoms. The van der Waals surface area contributed by atoms with Crippen molar-refractivity contribution in [2.75, 3.05) is 18.8 Å². The molecule has 5 heteroatoms. The van der Waals surface area contributed by atoms with Crippen molar-refractivity contribution in [1.29, 1.82) is 0 Å². The number of hydrogen-bond acceptors (Lipinski definition) is 3. The van der Waals surface area contributed by atoms with Gasteiger partial charge in [-0.3, -0.25) is 10.4 Å². The number of hydrazine groups is 1. The maximum Gasteiger partial charge on any atom is 0.205 e. The molecule has 0 aromatic heterocycles. The van der Waals surface area contributed by atoms with Gasteiger partial charge in [0.1, 0.15) is 0 Å². The van der Waals surface area contributed by atoms with Gasteiger partial charge in [0, 0.05) is 11.8 Å². The Morgan fingerprint density at radius 3 is 3.00 bits per heavy atom. The zero-order valence-corrected chi connectivity index (χ0v) is 10.3. The van der Waals surface area contributed by atoms with Gasteiger partial charge in [0.15, 0.2) is 0 Å². The standard InChI is InChI=1S/C10H22N4S/c1-2-6-12-10(14-11)13-8-9-5-3-4-7-15-9/h9H,2-8,11H2,1H3,(H2,12,13,14). The minimum absolute atomic E-state index is 0.686. The first-order valence-corrected chi connectivity index (χ1v) is 6.78. The van der Waals surface area contributed by atoms with E-state index >= 15 is 0 Å². The fraction of sp³-hybridized carbons (Fsp3) is 0.900. The molecule has 0 aromatic carbocycles. The van der Waals surface area contributed by atoms with Crippen molar-refractivity contribution in [3.63, 3.8) is 0 Å². The summed E-state index contributed by atoms with van der Waals surface area (Å²) in [6.45, 7) is 3.92. The summed E-state index contributed by atoms with van der Waals surface area (Å²) in [5.41, 5.74) is 2.61. The normalized spacial score (nSPS) is 22.5. The van der Waals surface area contributed by atoms with Crippen molar-refractivity contribution in [2.24, 2.45) is 10.8 Å². The first kappa shape index (κ1) is 12.6. The molecule has 1 rings (SSSR count). The highest BCUT2D eigenvalue weighted by Gasteiger charge is 2.13. The monoisotopic (exact) mass is 230 g/mol. The van der Waals surface area contributed by atoms with E-state index in [-0.39, 0.29) is 0 Å². The average Bonchev–Trinajstić information content (AvgIpc) is 2.31. The molecular formula is C10H22N4S. The highest BCUT2D eigenvalue weighted by molar-refractivity contribution is 7.99. The molecule has 88 valence electrons. The van der Waals surface area contributed by atoms with E-state index in [1.165, 1.54) is 25.0 Å². The third-order valence-corrected chi connectivity index (χ3v) is 3.79. The summed E-state index contributed by atoms with van der Waals surface area (Å²) in [6, 6.07) is 0. The highest BCUT2D eigenvalue weighted by atomic mass is 32.2. The smallest absolute Gasteiger partial charge is 0.205 e. The second kappa shape index (κ2) is 7.82. The Kier molecular flexibility index (Phi) is 6.59. The van der Waals surface area contributed by atoms with E-state index in [0.717, 1.165) is 25.5 Å². The zero-order chi connectivity index (χ0) is 10.9. The van der Waals surface area contributed by atoms with Crippen LogP contribution in [0.1, 0.15) is 32.6 Å². The first-order valence-electron chi connectivity index (χ1n) is 5.73. The zero-order valence-electron chi connectivity index (χ0n) is 9.46. The van der Waals surface area contributed by atoms with Crippen LogP contribution in [0.4, 0.5) is 0 Å². The van der Waals surface area contributed by atoms with Gasteiger partial charge >= 0.3 is 0 Å². The minimum Gasteiger partial charge on any atom is -0.355 e. The summed E-state index contributed by atoms with van der Waals surface area (Å²) in [5, 5.41) is 3.85. The Hall–Kier alpha value is -0.420. The van der Waals surface area contributed by atoms with E-state index in [0.29, 0.717) is 5.25 Å². The number of hydrogen-bond donors (Lipinski definition) is 3. The van der Waals surface area contributed by atoms with Crippen LogP contribution in [0.3, 0.4) is 0 Å². The van der Waals surface area contributed by atoms with Crippen molar-refractivity contribution in [3.05, 3.63) is 0 Å². The van der Waals surface area contributed by atoms with Crippen LogP contribution in [0.2, 0.25) is 0 Å². The Labute approximate surface area is 96.4 Å². The molecule has 1 atom stereocenters. The van der Waals surface area contributed by atoms with E-state index in [9.17, 15) is 0 Å². The van der Waals surface area contributed by atoms with Gasteiger partial charge < -0.3 is 5.32 Å². The van der Waals surface area contributed by atoms with Gasteiger partial charge in [-0.25, -0.2) is 5.84 Å². The third-order valence-electron chi connectivity index (χ3n) is 2.41. The van der Waals surface area contributed by atoms with Gasteiger partial charge in [0.2, 0.25) is 5.96 Å². The summed E-state index contributed by atoms with van der Waals surface area (Å²) in [5.74, 6) is 7.39. The molecule has 1 unspecified atom stereocenters. The largest absolute Gasteiger partial charge is 0.355 e. The lowest BCUT2D eigenvalue weighted by atomic mass is 10.2. The molecule has 0 amide bonds. The lowest BCUT2D eigenvalue weighted by Gasteiger charge is -2.19. The third kappa shape index (κ3) is 5.28. The second-order valence-electron chi connectivity index (χ2n) is 3.75. The number of rotatable bonds is 4. The van der Waals surface area contributed by atoms with Gasteiger partial charge in [-0.05, 0) is 25.0 Å². The molecule has 0 saturated carbocycles. The number of nitrogens with zero attached hydrogens (tertiary/aromatic N) is 1.